The van der Waals surface area contributed by atoms with E-state index in [1.54, 1.807) is 7.11 Å². The van der Waals surface area contributed by atoms with E-state index in [0.29, 0.717) is 5.92 Å². The first kappa shape index (κ1) is 17.1. The molecule has 1 aromatic carbocycles. The summed E-state index contributed by atoms with van der Waals surface area (Å²) in [6.45, 7) is 6.63. The topological polar surface area (TPSA) is 36.9 Å². The van der Waals surface area contributed by atoms with Gasteiger partial charge >= 0.3 is 0 Å². The summed E-state index contributed by atoms with van der Waals surface area (Å²) in [4.78, 5) is 7.09. The third-order valence-corrected chi connectivity index (χ3v) is 4.29. The molecule has 1 saturated heterocycles. The molecule has 2 rings (SSSR count). The Balaban J connectivity index is 1.92. The fourth-order valence-electron chi connectivity index (χ4n) is 2.81. The number of hydrogen-bond donors (Lipinski definition) is 1. The molecule has 1 N–H and O–H groups in total. The van der Waals surface area contributed by atoms with Crippen LogP contribution in [-0.2, 0) is 11.2 Å². The zero-order chi connectivity index (χ0) is 15.8. The van der Waals surface area contributed by atoms with Crippen LogP contribution in [0.5, 0.6) is 0 Å². The molecule has 1 aromatic rings. The molecule has 0 radical (unpaired) electrons. The molecular weight excluding hydrogens is 298 g/mol. The van der Waals surface area contributed by atoms with Gasteiger partial charge in [0.1, 0.15) is 0 Å². The molecule has 122 valence electrons. The van der Waals surface area contributed by atoms with Gasteiger partial charge in [0.05, 0.1) is 6.61 Å². The summed E-state index contributed by atoms with van der Waals surface area (Å²) >= 11 is 6.19. The highest BCUT2D eigenvalue weighted by molar-refractivity contribution is 6.31. The number of nitrogens with zero attached hydrogens (tertiary/aromatic N) is 2. The maximum absolute atomic E-state index is 6.19. The van der Waals surface area contributed by atoms with Crippen molar-refractivity contribution in [3.05, 3.63) is 34.9 Å². The van der Waals surface area contributed by atoms with E-state index >= 15 is 0 Å². The maximum Gasteiger partial charge on any atom is 0.193 e. The van der Waals surface area contributed by atoms with E-state index in [1.165, 1.54) is 6.42 Å². The van der Waals surface area contributed by atoms with Crippen LogP contribution in [0.25, 0.3) is 0 Å². The Kier molecular flexibility index (Phi) is 7.00. The average Bonchev–Trinajstić information content (AvgIpc) is 2.97. The Hall–Kier alpha value is -1.26. The zero-order valence-corrected chi connectivity index (χ0v) is 14.3. The van der Waals surface area contributed by atoms with Gasteiger partial charge in [-0.05, 0) is 31.4 Å². The number of halogens is 1. The number of ether oxygens (including phenoxy) is 1. The molecule has 1 atom stereocenters. The summed E-state index contributed by atoms with van der Waals surface area (Å²) < 4.78 is 5.26. The first-order valence-electron chi connectivity index (χ1n) is 8.00. The van der Waals surface area contributed by atoms with Crippen molar-refractivity contribution in [2.45, 2.75) is 19.8 Å². The van der Waals surface area contributed by atoms with E-state index in [4.69, 9.17) is 21.3 Å². The van der Waals surface area contributed by atoms with Crippen LogP contribution in [0, 0.1) is 5.92 Å². The molecule has 0 aliphatic carbocycles. The van der Waals surface area contributed by atoms with Crippen molar-refractivity contribution < 1.29 is 4.74 Å². The van der Waals surface area contributed by atoms with E-state index in [9.17, 15) is 0 Å². The minimum Gasteiger partial charge on any atom is -0.384 e. The van der Waals surface area contributed by atoms with Crippen LogP contribution in [0.3, 0.4) is 0 Å². The van der Waals surface area contributed by atoms with Crippen LogP contribution < -0.4 is 5.32 Å². The molecule has 1 aliphatic rings. The maximum atomic E-state index is 6.19. The lowest BCUT2D eigenvalue weighted by molar-refractivity contribution is 0.157. The van der Waals surface area contributed by atoms with Crippen LogP contribution in [0.15, 0.2) is 29.3 Å². The highest BCUT2D eigenvalue weighted by Gasteiger charge is 2.24. The van der Waals surface area contributed by atoms with Crippen LogP contribution >= 0.6 is 11.6 Å². The monoisotopic (exact) mass is 323 g/mol. The first-order valence-corrected chi connectivity index (χ1v) is 8.38. The number of hydrogen-bond acceptors (Lipinski definition) is 2. The second-order valence-electron chi connectivity index (χ2n) is 5.63. The summed E-state index contributed by atoms with van der Waals surface area (Å²) in [5, 5.41) is 4.21. The standard InChI is InChI=1S/C17H26ClN3O/c1-3-19-17(21-11-9-14(12-21)13-22-2)20-10-8-15-6-4-5-7-16(15)18/h4-7,14H,3,8-13H2,1-2H3,(H,19,20). The molecular formula is C17H26ClN3O. The van der Waals surface area contributed by atoms with Crippen LogP contribution in [-0.4, -0.2) is 50.8 Å². The van der Waals surface area contributed by atoms with Gasteiger partial charge in [-0.25, -0.2) is 0 Å². The summed E-state index contributed by atoms with van der Waals surface area (Å²) in [7, 11) is 1.77. The SMILES string of the molecule is CCNC(=NCCc1ccccc1Cl)N1CCC(COC)C1. The summed E-state index contributed by atoms with van der Waals surface area (Å²) in [6, 6.07) is 7.97. The number of guanidine groups is 1. The number of benzene rings is 1. The average molecular weight is 324 g/mol. The lowest BCUT2D eigenvalue weighted by Gasteiger charge is -2.21. The Bertz CT molecular complexity index is 493. The molecule has 0 bridgehead atoms. The lowest BCUT2D eigenvalue weighted by atomic mass is 10.1. The van der Waals surface area contributed by atoms with Gasteiger partial charge in [0.25, 0.3) is 0 Å². The minimum absolute atomic E-state index is 0.609. The molecule has 1 aliphatic heterocycles. The molecule has 1 unspecified atom stereocenters. The van der Waals surface area contributed by atoms with E-state index in [0.717, 1.165) is 55.8 Å². The van der Waals surface area contributed by atoms with E-state index in [1.807, 2.05) is 18.2 Å². The van der Waals surface area contributed by atoms with E-state index < -0.39 is 0 Å². The normalized spacial score (nSPS) is 18.8. The van der Waals surface area contributed by atoms with Crippen molar-refractivity contribution >= 4 is 17.6 Å². The third kappa shape index (κ3) is 4.89. The van der Waals surface area contributed by atoms with Gasteiger partial charge in [-0.15, -0.1) is 0 Å². The molecule has 22 heavy (non-hydrogen) atoms. The van der Waals surface area contributed by atoms with Gasteiger partial charge in [-0.1, -0.05) is 29.8 Å². The highest BCUT2D eigenvalue weighted by atomic mass is 35.5. The van der Waals surface area contributed by atoms with Crippen molar-refractivity contribution in [1.29, 1.82) is 0 Å². The number of aliphatic imine (C=N–C) groups is 1. The third-order valence-electron chi connectivity index (χ3n) is 3.92. The summed E-state index contributed by atoms with van der Waals surface area (Å²) in [5.41, 5.74) is 1.16. The Morgan fingerprint density at radius 1 is 1.45 bits per heavy atom. The largest absolute Gasteiger partial charge is 0.384 e. The quantitative estimate of drug-likeness (QED) is 0.646. The van der Waals surface area contributed by atoms with Crippen molar-refractivity contribution in [3.63, 3.8) is 0 Å². The highest BCUT2D eigenvalue weighted by Crippen LogP contribution is 2.17. The van der Waals surface area contributed by atoms with Gasteiger partial charge in [0, 0.05) is 44.2 Å². The molecule has 0 saturated carbocycles. The molecule has 4 nitrogen and oxygen atoms in total. The van der Waals surface area contributed by atoms with Crippen LogP contribution in [0.1, 0.15) is 18.9 Å². The van der Waals surface area contributed by atoms with Crippen molar-refractivity contribution in [3.8, 4) is 0 Å². The predicted molar refractivity (Wildman–Crippen MR) is 92.7 cm³/mol. The molecule has 1 fully saturated rings. The zero-order valence-electron chi connectivity index (χ0n) is 13.5. The fraction of sp³-hybridized carbons (Fsp3) is 0.588. The van der Waals surface area contributed by atoms with Crippen molar-refractivity contribution in [2.75, 3.05) is 39.9 Å². The second kappa shape index (κ2) is 9.01. The molecule has 5 heteroatoms. The van der Waals surface area contributed by atoms with Gasteiger partial charge in [-0.2, -0.15) is 0 Å². The van der Waals surface area contributed by atoms with E-state index in [2.05, 4.69) is 23.2 Å². The van der Waals surface area contributed by atoms with Crippen molar-refractivity contribution in [1.82, 2.24) is 10.2 Å². The molecule has 0 spiro atoms. The van der Waals surface area contributed by atoms with E-state index in [-0.39, 0.29) is 0 Å². The molecule has 0 amide bonds. The summed E-state index contributed by atoms with van der Waals surface area (Å²) in [5.74, 6) is 1.62. The Labute approximate surface area is 138 Å². The second-order valence-corrected chi connectivity index (χ2v) is 6.04. The number of likely N-dealkylation sites (tertiary alicyclic amines) is 1. The van der Waals surface area contributed by atoms with Gasteiger partial charge in [0.15, 0.2) is 5.96 Å². The Morgan fingerprint density at radius 3 is 3.00 bits per heavy atom. The molecule has 0 aromatic heterocycles. The molecule has 1 heterocycles. The number of methoxy groups -OCH3 is 1. The summed E-state index contributed by atoms with van der Waals surface area (Å²) in [6.07, 6.45) is 2.03. The van der Waals surface area contributed by atoms with Gasteiger partial charge in [0.2, 0.25) is 0 Å². The van der Waals surface area contributed by atoms with Gasteiger partial charge in [-0.3, -0.25) is 4.99 Å². The van der Waals surface area contributed by atoms with Gasteiger partial charge < -0.3 is 15.0 Å². The van der Waals surface area contributed by atoms with Crippen molar-refractivity contribution in [2.24, 2.45) is 10.9 Å². The fourth-order valence-corrected chi connectivity index (χ4v) is 3.04. The number of rotatable bonds is 6. The predicted octanol–water partition coefficient (Wildman–Crippen LogP) is 2.82. The number of nitrogens with one attached hydrogen (secondary N) is 1. The first-order chi connectivity index (χ1) is 10.7. The van der Waals surface area contributed by atoms with Crippen LogP contribution in [0.4, 0.5) is 0 Å². The minimum atomic E-state index is 0.609. The smallest absolute Gasteiger partial charge is 0.193 e. The lowest BCUT2D eigenvalue weighted by Crippen LogP contribution is -2.40. The Morgan fingerprint density at radius 2 is 2.27 bits per heavy atom. The van der Waals surface area contributed by atoms with Crippen LogP contribution in [0.2, 0.25) is 5.02 Å².